The Kier molecular flexibility index (Phi) is 3.92. The van der Waals surface area contributed by atoms with Crippen LogP contribution in [0.3, 0.4) is 0 Å². The van der Waals surface area contributed by atoms with Gasteiger partial charge in [-0.25, -0.2) is 0 Å². The summed E-state index contributed by atoms with van der Waals surface area (Å²) in [6, 6.07) is 7.21. The third-order valence-electron chi connectivity index (χ3n) is 3.69. The van der Waals surface area contributed by atoms with Gasteiger partial charge in [-0.2, -0.15) is 4.98 Å². The molecule has 2 heterocycles. The molecule has 0 aliphatic carbocycles. The summed E-state index contributed by atoms with van der Waals surface area (Å²) in [7, 11) is 0. The summed E-state index contributed by atoms with van der Waals surface area (Å²) < 4.78 is 5.37. The fraction of sp³-hybridized carbons (Fsp3) is 0.400. The molecule has 1 aliphatic heterocycles. The fourth-order valence-corrected chi connectivity index (χ4v) is 2.83. The first-order chi connectivity index (χ1) is 10.2. The topological polar surface area (TPSA) is 59.2 Å². The summed E-state index contributed by atoms with van der Waals surface area (Å²) in [5.74, 6) is 1.13. The number of hydrogen-bond acceptors (Lipinski definition) is 4. The second-order valence-corrected chi connectivity index (χ2v) is 5.50. The van der Waals surface area contributed by atoms with Gasteiger partial charge in [0.15, 0.2) is 0 Å². The number of carbonyl (C=O) groups is 1. The van der Waals surface area contributed by atoms with E-state index in [0.717, 1.165) is 24.9 Å². The number of nitrogens with zero attached hydrogens (tertiary/aromatic N) is 3. The number of aromatic nitrogens is 2. The Hall–Kier alpha value is -1.88. The van der Waals surface area contributed by atoms with E-state index in [9.17, 15) is 4.79 Å². The first-order valence-electron chi connectivity index (χ1n) is 7.08. The zero-order valence-corrected chi connectivity index (χ0v) is 12.5. The van der Waals surface area contributed by atoms with E-state index in [-0.39, 0.29) is 11.9 Å². The zero-order valence-electron chi connectivity index (χ0n) is 11.8. The molecule has 1 aromatic heterocycles. The van der Waals surface area contributed by atoms with Crippen LogP contribution in [-0.4, -0.2) is 27.5 Å². The molecule has 1 amide bonds. The number of halogens is 1. The van der Waals surface area contributed by atoms with E-state index in [1.165, 1.54) is 0 Å². The zero-order chi connectivity index (χ0) is 14.8. The predicted octanol–water partition coefficient (Wildman–Crippen LogP) is 3.46. The van der Waals surface area contributed by atoms with Gasteiger partial charge < -0.3 is 9.42 Å². The van der Waals surface area contributed by atoms with Gasteiger partial charge in [-0.05, 0) is 25.0 Å². The van der Waals surface area contributed by atoms with Gasteiger partial charge in [-0.3, -0.25) is 4.79 Å². The minimum atomic E-state index is -0.0992. The van der Waals surface area contributed by atoms with Gasteiger partial charge in [0.2, 0.25) is 17.6 Å². The Morgan fingerprint density at radius 2 is 2.38 bits per heavy atom. The van der Waals surface area contributed by atoms with Gasteiger partial charge in [0.25, 0.3) is 0 Å². The smallest absolute Gasteiger partial charge is 0.249 e. The van der Waals surface area contributed by atoms with Crippen molar-refractivity contribution in [3.63, 3.8) is 0 Å². The highest BCUT2D eigenvalue weighted by atomic mass is 35.5. The molecule has 0 saturated carbocycles. The van der Waals surface area contributed by atoms with E-state index in [2.05, 4.69) is 10.1 Å². The molecule has 21 heavy (non-hydrogen) atoms. The Morgan fingerprint density at radius 1 is 1.52 bits per heavy atom. The van der Waals surface area contributed by atoms with Gasteiger partial charge in [-0.1, -0.05) is 35.8 Å². The molecule has 2 aromatic rings. The van der Waals surface area contributed by atoms with Crippen molar-refractivity contribution in [1.82, 2.24) is 15.0 Å². The van der Waals surface area contributed by atoms with Gasteiger partial charge in [0.05, 0.1) is 0 Å². The molecular formula is C15H16ClN3O2. The molecule has 1 aliphatic rings. The lowest BCUT2D eigenvalue weighted by Crippen LogP contribution is -2.29. The first-order valence-corrected chi connectivity index (χ1v) is 7.46. The second kappa shape index (κ2) is 5.85. The SMILES string of the molecule is CCC(=O)N1CCCC1c1nc(-c2cccc(Cl)c2)no1. The predicted molar refractivity (Wildman–Crippen MR) is 78.7 cm³/mol. The minimum Gasteiger partial charge on any atom is -0.337 e. The number of carbonyl (C=O) groups excluding carboxylic acids is 1. The van der Waals surface area contributed by atoms with Crippen LogP contribution in [0.2, 0.25) is 5.02 Å². The van der Waals surface area contributed by atoms with Crippen LogP contribution in [0.4, 0.5) is 0 Å². The largest absolute Gasteiger partial charge is 0.337 e. The second-order valence-electron chi connectivity index (χ2n) is 5.07. The number of hydrogen-bond donors (Lipinski definition) is 0. The van der Waals surface area contributed by atoms with Crippen LogP contribution in [0.15, 0.2) is 28.8 Å². The Morgan fingerprint density at radius 3 is 3.14 bits per heavy atom. The maximum atomic E-state index is 11.9. The fourth-order valence-electron chi connectivity index (χ4n) is 2.64. The minimum absolute atomic E-state index is 0.0992. The molecule has 0 radical (unpaired) electrons. The Balaban J connectivity index is 1.86. The summed E-state index contributed by atoms with van der Waals surface area (Å²) in [4.78, 5) is 18.2. The third kappa shape index (κ3) is 2.78. The average molecular weight is 306 g/mol. The van der Waals surface area contributed by atoms with Gasteiger partial charge in [-0.15, -0.1) is 0 Å². The van der Waals surface area contributed by atoms with Crippen LogP contribution in [-0.2, 0) is 4.79 Å². The molecule has 1 aromatic carbocycles. The molecule has 0 spiro atoms. The first kappa shape index (κ1) is 14.1. The molecule has 3 rings (SSSR count). The summed E-state index contributed by atoms with van der Waals surface area (Å²) in [5.41, 5.74) is 0.809. The number of likely N-dealkylation sites (tertiary alicyclic amines) is 1. The monoisotopic (exact) mass is 305 g/mol. The average Bonchev–Trinajstić information content (AvgIpc) is 3.15. The third-order valence-corrected chi connectivity index (χ3v) is 3.92. The lowest BCUT2D eigenvalue weighted by molar-refractivity contribution is -0.132. The van der Waals surface area contributed by atoms with Crippen LogP contribution >= 0.6 is 11.6 Å². The van der Waals surface area contributed by atoms with Crippen molar-refractivity contribution >= 4 is 17.5 Å². The van der Waals surface area contributed by atoms with Crippen molar-refractivity contribution in [2.45, 2.75) is 32.2 Å². The normalized spacial score (nSPS) is 18.2. The van der Waals surface area contributed by atoms with Crippen molar-refractivity contribution in [1.29, 1.82) is 0 Å². The van der Waals surface area contributed by atoms with E-state index in [1.807, 2.05) is 24.0 Å². The van der Waals surface area contributed by atoms with Gasteiger partial charge in [0, 0.05) is 23.6 Å². The van der Waals surface area contributed by atoms with Crippen LogP contribution in [0.1, 0.15) is 38.1 Å². The van der Waals surface area contributed by atoms with E-state index >= 15 is 0 Å². The van der Waals surface area contributed by atoms with Crippen molar-refractivity contribution < 1.29 is 9.32 Å². The van der Waals surface area contributed by atoms with Crippen molar-refractivity contribution in [3.8, 4) is 11.4 Å². The summed E-state index contributed by atoms with van der Waals surface area (Å²) in [5, 5.41) is 4.64. The Labute approximate surface area is 127 Å². The van der Waals surface area contributed by atoms with E-state index < -0.39 is 0 Å². The number of benzene rings is 1. The molecular weight excluding hydrogens is 290 g/mol. The van der Waals surface area contributed by atoms with Crippen molar-refractivity contribution in [3.05, 3.63) is 35.2 Å². The number of amides is 1. The van der Waals surface area contributed by atoms with E-state index in [0.29, 0.717) is 23.2 Å². The maximum Gasteiger partial charge on any atom is 0.249 e. The Bertz CT molecular complexity index is 656. The lowest BCUT2D eigenvalue weighted by Gasteiger charge is -2.20. The van der Waals surface area contributed by atoms with Crippen LogP contribution in [0, 0.1) is 0 Å². The maximum absolute atomic E-state index is 11.9. The highest BCUT2D eigenvalue weighted by Gasteiger charge is 2.33. The highest BCUT2D eigenvalue weighted by molar-refractivity contribution is 6.30. The van der Waals surface area contributed by atoms with Crippen molar-refractivity contribution in [2.75, 3.05) is 6.54 Å². The summed E-state index contributed by atoms with van der Waals surface area (Å²) in [6.45, 7) is 2.62. The number of rotatable bonds is 3. The summed E-state index contributed by atoms with van der Waals surface area (Å²) >= 11 is 5.97. The molecule has 0 N–H and O–H groups in total. The molecule has 110 valence electrons. The molecule has 1 saturated heterocycles. The van der Waals surface area contributed by atoms with Crippen LogP contribution < -0.4 is 0 Å². The molecule has 1 unspecified atom stereocenters. The van der Waals surface area contributed by atoms with E-state index in [1.54, 1.807) is 12.1 Å². The summed E-state index contributed by atoms with van der Waals surface area (Å²) in [6.07, 6.45) is 2.32. The van der Waals surface area contributed by atoms with Crippen molar-refractivity contribution in [2.24, 2.45) is 0 Å². The standard InChI is InChI=1S/C15H16ClN3O2/c1-2-13(20)19-8-4-7-12(19)15-17-14(18-21-15)10-5-3-6-11(16)9-10/h3,5-6,9,12H,2,4,7-8H2,1H3. The van der Waals surface area contributed by atoms with Crippen LogP contribution in [0.25, 0.3) is 11.4 Å². The van der Waals surface area contributed by atoms with E-state index in [4.69, 9.17) is 16.1 Å². The van der Waals surface area contributed by atoms with Gasteiger partial charge in [0.1, 0.15) is 6.04 Å². The molecule has 5 nitrogen and oxygen atoms in total. The molecule has 1 atom stereocenters. The quantitative estimate of drug-likeness (QED) is 0.871. The lowest BCUT2D eigenvalue weighted by atomic mass is 10.2. The molecule has 0 bridgehead atoms. The highest BCUT2D eigenvalue weighted by Crippen LogP contribution is 2.32. The molecule has 1 fully saturated rings. The van der Waals surface area contributed by atoms with Crippen LogP contribution in [0.5, 0.6) is 0 Å². The van der Waals surface area contributed by atoms with Gasteiger partial charge >= 0.3 is 0 Å². The molecule has 6 heteroatoms.